The maximum atomic E-state index is 11.7. The maximum absolute atomic E-state index is 11.7. The lowest BCUT2D eigenvalue weighted by molar-refractivity contribution is -0.146. The first kappa shape index (κ1) is 16.4. The van der Waals surface area contributed by atoms with E-state index in [2.05, 4.69) is 15.3 Å². The molecule has 0 aliphatic heterocycles. The van der Waals surface area contributed by atoms with Crippen molar-refractivity contribution >= 4 is 23.6 Å². The Kier molecular flexibility index (Phi) is 5.50. The Morgan fingerprint density at radius 2 is 1.85 bits per heavy atom. The summed E-state index contributed by atoms with van der Waals surface area (Å²) in [5.41, 5.74) is 0.733. The zero-order chi connectivity index (χ0) is 15.3. The van der Waals surface area contributed by atoms with Crippen molar-refractivity contribution in [2.75, 3.05) is 12.3 Å². The Morgan fingerprint density at radius 1 is 1.30 bits per heavy atom. The first-order valence-electron chi connectivity index (χ1n) is 6.16. The van der Waals surface area contributed by atoms with Crippen LogP contribution in [0.15, 0.2) is 11.2 Å². The molecule has 0 saturated carbocycles. The topological polar surface area (TPSA) is 92.2 Å². The summed E-state index contributed by atoms with van der Waals surface area (Å²) in [5, 5.41) is 12.1. The van der Waals surface area contributed by atoms with Gasteiger partial charge in [0.15, 0.2) is 5.16 Å². The molecule has 1 amide bonds. The Bertz CT molecular complexity index is 497. The maximum Gasteiger partial charge on any atom is 0.310 e. The Hall–Kier alpha value is -1.63. The second kappa shape index (κ2) is 6.69. The number of hydrogen-bond acceptors (Lipinski definition) is 5. The number of rotatable bonds is 6. The Morgan fingerprint density at radius 3 is 2.35 bits per heavy atom. The molecule has 0 radical (unpaired) electrons. The third kappa shape index (κ3) is 5.16. The molecule has 110 valence electrons. The number of hydrogen-bond donors (Lipinski definition) is 2. The van der Waals surface area contributed by atoms with Crippen molar-refractivity contribution in [3.8, 4) is 0 Å². The van der Waals surface area contributed by atoms with Crippen LogP contribution in [0.25, 0.3) is 0 Å². The molecular formula is C13H19N3O3S. The van der Waals surface area contributed by atoms with Crippen LogP contribution in [0.1, 0.15) is 25.2 Å². The fraction of sp³-hybridized carbons (Fsp3) is 0.538. The smallest absolute Gasteiger partial charge is 0.310 e. The minimum atomic E-state index is -0.975. The fourth-order valence-corrected chi connectivity index (χ4v) is 2.11. The first-order valence-corrected chi connectivity index (χ1v) is 7.14. The molecule has 0 spiro atoms. The van der Waals surface area contributed by atoms with Crippen molar-refractivity contribution in [2.45, 2.75) is 32.9 Å². The van der Waals surface area contributed by atoms with Crippen LogP contribution in [0.5, 0.6) is 0 Å². The Balaban J connectivity index is 2.46. The molecule has 0 saturated heterocycles. The number of nitrogens with zero attached hydrogens (tertiary/aromatic N) is 2. The predicted octanol–water partition coefficient (Wildman–Crippen LogP) is 1.41. The van der Waals surface area contributed by atoms with Crippen LogP contribution in [0.2, 0.25) is 0 Å². The standard InChI is InChI=1S/C13H19N3O3S/c1-8-5-9(2)16-12(15-8)20-6-10(17)14-7-13(3,4)11(18)19/h5H,6-7H2,1-4H3,(H,14,17)(H,18,19). The number of carboxylic acids is 1. The van der Waals surface area contributed by atoms with Crippen molar-refractivity contribution in [1.82, 2.24) is 15.3 Å². The molecule has 6 nitrogen and oxygen atoms in total. The summed E-state index contributed by atoms with van der Waals surface area (Å²) in [6, 6.07) is 1.86. The van der Waals surface area contributed by atoms with Gasteiger partial charge in [-0.25, -0.2) is 9.97 Å². The quantitative estimate of drug-likeness (QED) is 0.609. The van der Waals surface area contributed by atoms with Gasteiger partial charge in [-0.2, -0.15) is 0 Å². The van der Waals surface area contributed by atoms with E-state index in [1.54, 1.807) is 13.8 Å². The first-order chi connectivity index (χ1) is 9.20. The summed E-state index contributed by atoms with van der Waals surface area (Å²) in [6.45, 7) is 6.96. The highest BCUT2D eigenvalue weighted by atomic mass is 32.2. The van der Waals surface area contributed by atoms with Gasteiger partial charge < -0.3 is 10.4 Å². The number of carbonyl (C=O) groups excluding carboxylic acids is 1. The number of aromatic nitrogens is 2. The van der Waals surface area contributed by atoms with Gasteiger partial charge in [-0.15, -0.1) is 0 Å². The van der Waals surface area contributed by atoms with Crippen LogP contribution in [0.4, 0.5) is 0 Å². The Labute approximate surface area is 122 Å². The summed E-state index contributed by atoms with van der Waals surface area (Å²) < 4.78 is 0. The van der Waals surface area contributed by atoms with E-state index in [4.69, 9.17) is 5.11 Å². The van der Waals surface area contributed by atoms with Gasteiger partial charge in [-0.05, 0) is 33.8 Å². The van der Waals surface area contributed by atoms with E-state index in [0.29, 0.717) is 5.16 Å². The van der Waals surface area contributed by atoms with Gasteiger partial charge in [0.2, 0.25) is 5.91 Å². The molecule has 1 aromatic heterocycles. The number of carboxylic acid groups (broad SMARTS) is 1. The summed E-state index contributed by atoms with van der Waals surface area (Å²) >= 11 is 1.23. The molecule has 0 unspecified atom stereocenters. The number of amides is 1. The second-order valence-electron chi connectivity index (χ2n) is 5.19. The summed E-state index contributed by atoms with van der Waals surface area (Å²) in [4.78, 5) is 31.0. The number of thioether (sulfide) groups is 1. The van der Waals surface area contributed by atoms with Crippen LogP contribution in [-0.4, -0.2) is 39.2 Å². The highest BCUT2D eigenvalue weighted by Crippen LogP contribution is 2.15. The van der Waals surface area contributed by atoms with Gasteiger partial charge in [-0.3, -0.25) is 9.59 Å². The summed E-state index contributed by atoms with van der Waals surface area (Å²) in [5.74, 6) is -1.01. The minimum Gasteiger partial charge on any atom is -0.481 e. The van der Waals surface area contributed by atoms with Crippen LogP contribution in [0, 0.1) is 19.3 Å². The van der Waals surface area contributed by atoms with E-state index >= 15 is 0 Å². The van der Waals surface area contributed by atoms with Gasteiger partial charge in [-0.1, -0.05) is 11.8 Å². The highest BCUT2D eigenvalue weighted by molar-refractivity contribution is 7.99. The number of carbonyl (C=O) groups is 2. The lowest BCUT2D eigenvalue weighted by atomic mass is 9.94. The third-order valence-corrected chi connectivity index (χ3v) is 3.45. The predicted molar refractivity (Wildman–Crippen MR) is 76.7 cm³/mol. The van der Waals surface area contributed by atoms with E-state index in [-0.39, 0.29) is 18.2 Å². The lowest BCUT2D eigenvalue weighted by Crippen LogP contribution is -2.39. The zero-order valence-corrected chi connectivity index (χ0v) is 12.9. The molecule has 0 bridgehead atoms. The van der Waals surface area contributed by atoms with E-state index in [0.717, 1.165) is 11.4 Å². The molecule has 0 aromatic carbocycles. The fourth-order valence-electron chi connectivity index (χ4n) is 1.33. The summed E-state index contributed by atoms with van der Waals surface area (Å²) in [7, 11) is 0. The summed E-state index contributed by atoms with van der Waals surface area (Å²) in [6.07, 6.45) is 0. The van der Waals surface area contributed by atoms with Gasteiger partial charge in [0.25, 0.3) is 0 Å². The number of aryl methyl sites for hydroxylation is 2. The van der Waals surface area contributed by atoms with Gasteiger partial charge in [0, 0.05) is 17.9 Å². The number of nitrogens with one attached hydrogen (secondary N) is 1. The molecule has 7 heteroatoms. The van der Waals surface area contributed by atoms with Gasteiger partial charge >= 0.3 is 5.97 Å². The molecule has 20 heavy (non-hydrogen) atoms. The van der Waals surface area contributed by atoms with E-state index in [9.17, 15) is 9.59 Å². The van der Waals surface area contributed by atoms with Crippen LogP contribution in [0.3, 0.4) is 0 Å². The van der Waals surface area contributed by atoms with Crippen molar-refractivity contribution in [1.29, 1.82) is 0 Å². The van der Waals surface area contributed by atoms with Gasteiger partial charge in [0.1, 0.15) is 0 Å². The molecule has 0 fully saturated rings. The lowest BCUT2D eigenvalue weighted by Gasteiger charge is -2.19. The van der Waals surface area contributed by atoms with Crippen molar-refractivity contribution in [3.63, 3.8) is 0 Å². The van der Waals surface area contributed by atoms with Crippen molar-refractivity contribution in [2.24, 2.45) is 5.41 Å². The molecule has 0 aliphatic carbocycles. The second-order valence-corrected chi connectivity index (χ2v) is 6.13. The molecule has 1 rings (SSSR count). The average molecular weight is 297 g/mol. The monoisotopic (exact) mass is 297 g/mol. The van der Waals surface area contributed by atoms with Crippen molar-refractivity contribution < 1.29 is 14.7 Å². The van der Waals surface area contributed by atoms with Crippen LogP contribution < -0.4 is 5.32 Å². The zero-order valence-electron chi connectivity index (χ0n) is 12.1. The normalized spacial score (nSPS) is 11.2. The third-order valence-electron chi connectivity index (χ3n) is 2.60. The van der Waals surface area contributed by atoms with E-state index < -0.39 is 11.4 Å². The molecular weight excluding hydrogens is 278 g/mol. The molecule has 0 aliphatic rings. The SMILES string of the molecule is Cc1cc(C)nc(SCC(=O)NCC(C)(C)C(=O)O)n1. The molecule has 1 heterocycles. The largest absolute Gasteiger partial charge is 0.481 e. The number of aliphatic carboxylic acids is 1. The van der Waals surface area contributed by atoms with Crippen LogP contribution in [-0.2, 0) is 9.59 Å². The molecule has 1 aromatic rings. The highest BCUT2D eigenvalue weighted by Gasteiger charge is 2.27. The molecule has 2 N–H and O–H groups in total. The van der Waals surface area contributed by atoms with E-state index in [1.807, 2.05) is 19.9 Å². The minimum absolute atomic E-state index is 0.0927. The van der Waals surface area contributed by atoms with Crippen molar-refractivity contribution in [3.05, 3.63) is 17.5 Å². The van der Waals surface area contributed by atoms with E-state index in [1.165, 1.54) is 11.8 Å². The van der Waals surface area contributed by atoms with Gasteiger partial charge in [0.05, 0.1) is 11.2 Å². The van der Waals surface area contributed by atoms with Crippen LogP contribution >= 0.6 is 11.8 Å². The average Bonchev–Trinajstić information content (AvgIpc) is 2.32. The molecule has 0 atom stereocenters.